The second-order valence-electron chi connectivity index (χ2n) is 6.77. The maximum absolute atomic E-state index is 6.18. The molecule has 0 heterocycles. The van der Waals surface area contributed by atoms with E-state index in [-0.39, 0.29) is 7.12 Å². The van der Waals surface area contributed by atoms with E-state index in [1.165, 1.54) is 89.9 Å². The summed E-state index contributed by atoms with van der Waals surface area (Å²) in [6.07, 6.45) is 19.5. The van der Waals surface area contributed by atoms with E-state index in [0.717, 1.165) is 0 Å². The molecule has 0 bridgehead atoms. The second-order valence-corrected chi connectivity index (χ2v) is 6.77. The SMILES string of the molecule is CB(OC1CCCCCCC1)OC1CCCCCCC1. The fourth-order valence-electron chi connectivity index (χ4n) is 3.68. The fourth-order valence-corrected chi connectivity index (χ4v) is 3.68. The van der Waals surface area contributed by atoms with Crippen molar-refractivity contribution >= 4 is 7.12 Å². The van der Waals surface area contributed by atoms with Crippen molar-refractivity contribution in [3.8, 4) is 0 Å². The highest BCUT2D eigenvalue weighted by Gasteiger charge is 2.22. The van der Waals surface area contributed by atoms with Crippen LogP contribution in [0.5, 0.6) is 0 Å². The average Bonchev–Trinajstić information content (AvgIpc) is 2.35. The highest BCUT2D eigenvalue weighted by atomic mass is 16.6. The van der Waals surface area contributed by atoms with Gasteiger partial charge in [-0.2, -0.15) is 0 Å². The first-order valence-electron chi connectivity index (χ1n) is 9.15. The second kappa shape index (κ2) is 9.84. The van der Waals surface area contributed by atoms with Gasteiger partial charge in [-0.1, -0.05) is 64.2 Å². The molecule has 0 aromatic rings. The molecule has 2 aliphatic rings. The molecule has 2 nitrogen and oxygen atoms in total. The van der Waals surface area contributed by atoms with E-state index in [4.69, 9.17) is 9.31 Å². The summed E-state index contributed by atoms with van der Waals surface area (Å²) in [6.45, 7) is 2.11. The Kier molecular flexibility index (Phi) is 8.05. The highest BCUT2D eigenvalue weighted by Crippen LogP contribution is 2.23. The van der Waals surface area contributed by atoms with Gasteiger partial charge in [-0.3, -0.25) is 0 Å². The van der Waals surface area contributed by atoms with Crippen molar-refractivity contribution in [2.45, 2.75) is 109 Å². The van der Waals surface area contributed by atoms with Crippen molar-refractivity contribution < 1.29 is 9.31 Å². The van der Waals surface area contributed by atoms with Crippen molar-refractivity contribution in [1.29, 1.82) is 0 Å². The Morgan fingerprint density at radius 3 is 1.20 bits per heavy atom. The Hall–Kier alpha value is -0.0151. The third kappa shape index (κ3) is 6.63. The summed E-state index contributed by atoms with van der Waals surface area (Å²) in [5.74, 6) is 0. The quantitative estimate of drug-likeness (QED) is 0.645. The minimum atomic E-state index is -0.0103. The Labute approximate surface area is 126 Å². The molecular weight excluding hydrogens is 247 g/mol. The smallest absolute Gasteiger partial charge is 0.409 e. The first-order chi connectivity index (χ1) is 9.84. The zero-order chi connectivity index (χ0) is 14.0. The summed E-state index contributed by atoms with van der Waals surface area (Å²) < 4.78 is 12.4. The molecule has 116 valence electrons. The normalized spacial score (nSPS) is 24.4. The van der Waals surface area contributed by atoms with E-state index in [0.29, 0.717) is 12.2 Å². The predicted octanol–water partition coefficient (Wildman–Crippen LogP) is 5.36. The van der Waals surface area contributed by atoms with E-state index in [9.17, 15) is 0 Å². The molecule has 2 rings (SSSR count). The Balaban J connectivity index is 1.68. The van der Waals surface area contributed by atoms with Gasteiger partial charge in [-0.05, 0) is 32.5 Å². The van der Waals surface area contributed by atoms with E-state index in [2.05, 4.69) is 6.82 Å². The van der Waals surface area contributed by atoms with Crippen molar-refractivity contribution in [3.63, 3.8) is 0 Å². The van der Waals surface area contributed by atoms with Gasteiger partial charge in [0.25, 0.3) is 0 Å². The third-order valence-electron chi connectivity index (χ3n) is 4.87. The minimum absolute atomic E-state index is 0.0103. The molecule has 2 saturated carbocycles. The molecule has 0 aromatic carbocycles. The lowest BCUT2D eigenvalue weighted by Crippen LogP contribution is -2.31. The van der Waals surface area contributed by atoms with Crippen molar-refractivity contribution in [3.05, 3.63) is 0 Å². The molecule has 3 heteroatoms. The van der Waals surface area contributed by atoms with Crippen LogP contribution < -0.4 is 0 Å². The van der Waals surface area contributed by atoms with Gasteiger partial charge in [-0.15, -0.1) is 0 Å². The fraction of sp³-hybridized carbons (Fsp3) is 1.00. The number of hydrogen-bond acceptors (Lipinski definition) is 2. The van der Waals surface area contributed by atoms with E-state index in [1.807, 2.05) is 0 Å². The molecule has 0 N–H and O–H groups in total. The van der Waals surface area contributed by atoms with Gasteiger partial charge in [0.15, 0.2) is 0 Å². The van der Waals surface area contributed by atoms with Crippen LogP contribution in [0.3, 0.4) is 0 Å². The summed E-state index contributed by atoms with van der Waals surface area (Å²) in [5.41, 5.74) is 0. The van der Waals surface area contributed by atoms with Crippen LogP contribution in [-0.4, -0.2) is 19.3 Å². The lowest BCUT2D eigenvalue weighted by molar-refractivity contribution is 0.0780. The Bertz CT molecular complexity index is 207. The minimum Gasteiger partial charge on any atom is -0.409 e. The molecule has 0 spiro atoms. The van der Waals surface area contributed by atoms with Crippen molar-refractivity contribution in [1.82, 2.24) is 0 Å². The van der Waals surface area contributed by atoms with Gasteiger partial charge in [-0.25, -0.2) is 0 Å². The number of hydrogen-bond donors (Lipinski definition) is 0. The lowest BCUT2D eigenvalue weighted by atomic mass is 9.89. The molecule has 0 saturated heterocycles. The van der Waals surface area contributed by atoms with Gasteiger partial charge in [0.05, 0.1) is 0 Å². The lowest BCUT2D eigenvalue weighted by Gasteiger charge is -2.27. The number of rotatable bonds is 4. The van der Waals surface area contributed by atoms with Crippen LogP contribution >= 0.6 is 0 Å². The Morgan fingerprint density at radius 1 is 0.550 bits per heavy atom. The van der Waals surface area contributed by atoms with Gasteiger partial charge in [0.1, 0.15) is 0 Å². The molecule has 0 aromatic heterocycles. The molecule has 0 unspecified atom stereocenters. The van der Waals surface area contributed by atoms with Gasteiger partial charge in [0.2, 0.25) is 0 Å². The average molecular weight is 280 g/mol. The molecule has 0 amide bonds. The van der Waals surface area contributed by atoms with E-state index >= 15 is 0 Å². The first kappa shape index (κ1) is 16.4. The van der Waals surface area contributed by atoms with Gasteiger partial charge in [0, 0.05) is 12.2 Å². The summed E-state index contributed by atoms with van der Waals surface area (Å²) in [5, 5.41) is 0. The van der Waals surface area contributed by atoms with Crippen LogP contribution in [0, 0.1) is 0 Å². The summed E-state index contributed by atoms with van der Waals surface area (Å²) in [7, 11) is -0.0103. The topological polar surface area (TPSA) is 18.5 Å². The molecule has 20 heavy (non-hydrogen) atoms. The molecule has 2 aliphatic carbocycles. The largest absolute Gasteiger partial charge is 0.453 e. The molecule has 0 aliphatic heterocycles. The summed E-state index contributed by atoms with van der Waals surface area (Å²) in [4.78, 5) is 0. The monoisotopic (exact) mass is 280 g/mol. The van der Waals surface area contributed by atoms with Crippen molar-refractivity contribution in [2.24, 2.45) is 0 Å². The maximum Gasteiger partial charge on any atom is 0.453 e. The van der Waals surface area contributed by atoms with Crippen LogP contribution in [-0.2, 0) is 9.31 Å². The van der Waals surface area contributed by atoms with Crippen LogP contribution in [0.25, 0.3) is 0 Å². The zero-order valence-electron chi connectivity index (χ0n) is 13.4. The maximum atomic E-state index is 6.18. The van der Waals surface area contributed by atoms with Gasteiger partial charge < -0.3 is 9.31 Å². The van der Waals surface area contributed by atoms with Crippen LogP contribution in [0.1, 0.15) is 89.9 Å². The van der Waals surface area contributed by atoms with Crippen molar-refractivity contribution in [2.75, 3.05) is 0 Å². The van der Waals surface area contributed by atoms with Gasteiger partial charge >= 0.3 is 7.12 Å². The van der Waals surface area contributed by atoms with E-state index < -0.39 is 0 Å². The molecule has 0 radical (unpaired) electrons. The standard InChI is InChI=1S/C17H33BO2/c1-18(19-16-12-8-4-2-5-9-13-16)20-17-14-10-6-3-7-11-15-17/h16-17H,2-15H2,1H3. The first-order valence-corrected chi connectivity index (χ1v) is 9.15. The van der Waals surface area contributed by atoms with Crippen LogP contribution in [0.4, 0.5) is 0 Å². The molecule has 0 atom stereocenters. The van der Waals surface area contributed by atoms with Crippen LogP contribution in [0.15, 0.2) is 0 Å². The summed E-state index contributed by atoms with van der Waals surface area (Å²) >= 11 is 0. The predicted molar refractivity (Wildman–Crippen MR) is 86.0 cm³/mol. The Morgan fingerprint density at radius 2 is 0.850 bits per heavy atom. The zero-order valence-corrected chi connectivity index (χ0v) is 13.4. The molecule has 2 fully saturated rings. The van der Waals surface area contributed by atoms with E-state index in [1.54, 1.807) is 0 Å². The molecular formula is C17H33BO2. The summed E-state index contributed by atoms with van der Waals surface area (Å²) in [6, 6.07) is 0. The highest BCUT2D eigenvalue weighted by molar-refractivity contribution is 6.42. The third-order valence-corrected chi connectivity index (χ3v) is 4.87. The van der Waals surface area contributed by atoms with Crippen LogP contribution in [0.2, 0.25) is 6.82 Å².